The Bertz CT molecular complexity index is 950. The molecule has 4 rings (SSSR count). The molecule has 1 aliphatic heterocycles. The van der Waals surface area contributed by atoms with E-state index in [1.807, 2.05) is 30.3 Å². The van der Waals surface area contributed by atoms with Gasteiger partial charge in [-0.05, 0) is 29.8 Å². The molecule has 1 aliphatic rings. The van der Waals surface area contributed by atoms with Gasteiger partial charge in [-0.25, -0.2) is 0 Å². The Kier molecular flexibility index (Phi) is 4.34. The number of fused-ring (bicyclic) bond motifs is 1. The van der Waals surface area contributed by atoms with E-state index in [0.717, 1.165) is 5.56 Å². The second-order valence-corrected chi connectivity index (χ2v) is 5.50. The van der Waals surface area contributed by atoms with Gasteiger partial charge in [0.1, 0.15) is 13.2 Å². The van der Waals surface area contributed by atoms with E-state index in [9.17, 15) is 4.79 Å². The topological polar surface area (TPSA) is 86.5 Å². The van der Waals surface area contributed by atoms with Crippen molar-refractivity contribution < 1.29 is 18.7 Å². The molecule has 0 saturated heterocycles. The van der Waals surface area contributed by atoms with Crippen molar-refractivity contribution in [2.75, 3.05) is 18.5 Å². The van der Waals surface area contributed by atoms with Crippen LogP contribution < -0.4 is 14.8 Å². The van der Waals surface area contributed by atoms with Crippen LogP contribution in [0.15, 0.2) is 59.0 Å². The van der Waals surface area contributed by atoms with Crippen LogP contribution in [0, 0.1) is 0 Å². The van der Waals surface area contributed by atoms with Gasteiger partial charge in [-0.15, -0.1) is 5.10 Å². The van der Waals surface area contributed by atoms with Crippen LogP contribution in [-0.4, -0.2) is 29.3 Å². The molecule has 0 aliphatic carbocycles. The van der Waals surface area contributed by atoms with Gasteiger partial charge in [0.2, 0.25) is 5.89 Å². The number of carbonyl (C=O) groups excluding carboxylic acids is 1. The van der Waals surface area contributed by atoms with E-state index in [4.69, 9.17) is 13.9 Å². The molecule has 2 heterocycles. The first-order chi connectivity index (χ1) is 12.8. The molecule has 0 saturated carbocycles. The molecule has 0 radical (unpaired) electrons. The quantitative estimate of drug-likeness (QED) is 0.728. The van der Waals surface area contributed by atoms with Gasteiger partial charge < -0.3 is 13.9 Å². The van der Waals surface area contributed by atoms with Crippen molar-refractivity contribution in [2.24, 2.45) is 0 Å². The third-order valence-electron chi connectivity index (χ3n) is 3.67. The summed E-state index contributed by atoms with van der Waals surface area (Å²) < 4.78 is 16.5. The van der Waals surface area contributed by atoms with Gasteiger partial charge in [0.15, 0.2) is 11.5 Å². The standard InChI is InChI=1S/C19H15N3O4/c23-17(9-6-13-4-2-1-3-5-13)20-19-22-21-18(26-19)14-7-8-15-16(12-14)25-11-10-24-15/h1-9,12H,10-11H2,(H,20,22,23)/b9-6+. The lowest BCUT2D eigenvalue weighted by atomic mass is 10.2. The largest absolute Gasteiger partial charge is 0.486 e. The second-order valence-electron chi connectivity index (χ2n) is 5.50. The lowest BCUT2D eigenvalue weighted by Gasteiger charge is -2.18. The van der Waals surface area contributed by atoms with E-state index in [1.165, 1.54) is 6.08 Å². The Morgan fingerprint density at radius 3 is 2.65 bits per heavy atom. The fraction of sp³-hybridized carbons (Fsp3) is 0.105. The summed E-state index contributed by atoms with van der Waals surface area (Å²) in [6, 6.07) is 14.9. The van der Waals surface area contributed by atoms with E-state index in [0.29, 0.717) is 30.3 Å². The van der Waals surface area contributed by atoms with Crippen LogP contribution in [0.2, 0.25) is 0 Å². The van der Waals surface area contributed by atoms with Crippen molar-refractivity contribution >= 4 is 18.0 Å². The van der Waals surface area contributed by atoms with E-state index in [2.05, 4.69) is 15.5 Å². The molecule has 7 nitrogen and oxygen atoms in total. The van der Waals surface area contributed by atoms with Gasteiger partial charge in [-0.1, -0.05) is 35.4 Å². The number of nitrogens with zero attached hydrogens (tertiary/aromatic N) is 2. The Morgan fingerprint density at radius 1 is 1.00 bits per heavy atom. The zero-order valence-electron chi connectivity index (χ0n) is 13.7. The number of hydrogen-bond acceptors (Lipinski definition) is 6. The number of carbonyl (C=O) groups is 1. The Labute approximate surface area is 149 Å². The number of hydrogen-bond donors (Lipinski definition) is 1. The van der Waals surface area contributed by atoms with Crippen molar-refractivity contribution in [3.8, 4) is 23.0 Å². The van der Waals surface area contributed by atoms with E-state index in [-0.39, 0.29) is 17.8 Å². The summed E-state index contributed by atoms with van der Waals surface area (Å²) in [6.45, 7) is 1.02. The molecule has 0 spiro atoms. The van der Waals surface area contributed by atoms with Crippen molar-refractivity contribution in [2.45, 2.75) is 0 Å². The van der Waals surface area contributed by atoms with Crippen molar-refractivity contribution in [1.82, 2.24) is 10.2 Å². The van der Waals surface area contributed by atoms with E-state index in [1.54, 1.807) is 24.3 Å². The number of rotatable bonds is 4. The minimum absolute atomic E-state index is 0.0256. The van der Waals surface area contributed by atoms with E-state index < -0.39 is 0 Å². The summed E-state index contributed by atoms with van der Waals surface area (Å²) in [4.78, 5) is 12.0. The molecular weight excluding hydrogens is 334 g/mol. The predicted octanol–water partition coefficient (Wildman–Crippen LogP) is 3.16. The summed E-state index contributed by atoms with van der Waals surface area (Å²) in [5, 5.41) is 10.3. The molecule has 1 amide bonds. The molecule has 130 valence electrons. The molecular formula is C19H15N3O4. The highest BCUT2D eigenvalue weighted by Crippen LogP contribution is 2.34. The molecule has 3 aromatic rings. The smallest absolute Gasteiger partial charge is 0.322 e. The van der Waals surface area contributed by atoms with Crippen LogP contribution in [0.25, 0.3) is 17.5 Å². The normalized spacial score (nSPS) is 12.9. The van der Waals surface area contributed by atoms with Crippen LogP contribution >= 0.6 is 0 Å². The Morgan fingerprint density at radius 2 is 1.81 bits per heavy atom. The average Bonchev–Trinajstić information content (AvgIpc) is 3.15. The van der Waals surface area contributed by atoms with Crippen molar-refractivity contribution in [3.63, 3.8) is 0 Å². The zero-order chi connectivity index (χ0) is 17.8. The molecule has 1 N–H and O–H groups in total. The summed E-state index contributed by atoms with van der Waals surface area (Å²) >= 11 is 0. The fourth-order valence-electron chi connectivity index (χ4n) is 2.45. The summed E-state index contributed by atoms with van der Waals surface area (Å²) in [7, 11) is 0. The average molecular weight is 349 g/mol. The SMILES string of the molecule is O=C(/C=C/c1ccccc1)Nc1nnc(-c2ccc3c(c2)OCCO3)o1. The molecule has 2 aromatic carbocycles. The molecule has 1 aromatic heterocycles. The first-order valence-electron chi connectivity index (χ1n) is 8.05. The lowest BCUT2D eigenvalue weighted by molar-refractivity contribution is -0.112. The summed E-state index contributed by atoms with van der Waals surface area (Å²) in [5.41, 5.74) is 1.60. The van der Waals surface area contributed by atoms with Crippen molar-refractivity contribution in [3.05, 3.63) is 60.2 Å². The Hall–Kier alpha value is -3.61. The highest BCUT2D eigenvalue weighted by molar-refractivity contribution is 6.00. The van der Waals surface area contributed by atoms with Crippen molar-refractivity contribution in [1.29, 1.82) is 0 Å². The number of benzene rings is 2. The van der Waals surface area contributed by atoms with Gasteiger partial charge in [0.25, 0.3) is 5.91 Å². The third-order valence-corrected chi connectivity index (χ3v) is 3.67. The van der Waals surface area contributed by atoms with Crippen LogP contribution in [-0.2, 0) is 4.79 Å². The van der Waals surface area contributed by atoms with Gasteiger partial charge >= 0.3 is 6.01 Å². The molecule has 0 fully saturated rings. The minimum Gasteiger partial charge on any atom is -0.486 e. The third kappa shape index (κ3) is 3.56. The number of amides is 1. The highest BCUT2D eigenvalue weighted by Gasteiger charge is 2.16. The maximum atomic E-state index is 12.0. The highest BCUT2D eigenvalue weighted by atomic mass is 16.6. The summed E-state index contributed by atoms with van der Waals surface area (Å²) in [6.07, 6.45) is 3.11. The van der Waals surface area contributed by atoms with Crippen LogP contribution in [0.4, 0.5) is 6.01 Å². The first kappa shape index (κ1) is 15.9. The molecule has 7 heteroatoms. The number of nitrogens with one attached hydrogen (secondary N) is 1. The Balaban J connectivity index is 1.45. The second kappa shape index (κ2) is 7.10. The first-order valence-corrected chi connectivity index (χ1v) is 8.05. The molecule has 26 heavy (non-hydrogen) atoms. The minimum atomic E-state index is -0.355. The predicted molar refractivity (Wildman–Crippen MR) is 94.8 cm³/mol. The van der Waals surface area contributed by atoms with Gasteiger partial charge in [0, 0.05) is 11.6 Å². The fourth-order valence-corrected chi connectivity index (χ4v) is 2.45. The zero-order valence-corrected chi connectivity index (χ0v) is 13.7. The number of ether oxygens (including phenoxy) is 2. The molecule has 0 bridgehead atoms. The van der Waals surface area contributed by atoms with E-state index >= 15 is 0 Å². The molecule has 0 unspecified atom stereocenters. The summed E-state index contributed by atoms with van der Waals surface area (Å²) in [5.74, 6) is 1.23. The van der Waals surface area contributed by atoms with Gasteiger partial charge in [-0.2, -0.15) is 0 Å². The van der Waals surface area contributed by atoms with Crippen LogP contribution in [0.1, 0.15) is 5.56 Å². The number of anilines is 1. The van der Waals surface area contributed by atoms with Gasteiger partial charge in [0.05, 0.1) is 0 Å². The maximum absolute atomic E-state index is 12.0. The maximum Gasteiger partial charge on any atom is 0.322 e. The van der Waals surface area contributed by atoms with Crippen LogP contribution in [0.3, 0.4) is 0 Å². The molecule has 0 atom stereocenters. The monoisotopic (exact) mass is 349 g/mol. The van der Waals surface area contributed by atoms with Crippen LogP contribution in [0.5, 0.6) is 11.5 Å². The lowest BCUT2D eigenvalue weighted by Crippen LogP contribution is -2.15. The van der Waals surface area contributed by atoms with Gasteiger partial charge in [-0.3, -0.25) is 10.1 Å². The number of aromatic nitrogens is 2.